The normalized spacial score (nSPS) is 11.0. The maximum absolute atomic E-state index is 12.6. The minimum atomic E-state index is -0.370. The van der Waals surface area contributed by atoms with Gasteiger partial charge in [0, 0.05) is 24.2 Å². The van der Waals surface area contributed by atoms with Crippen LogP contribution in [0, 0.1) is 0 Å². The molecule has 0 amide bonds. The highest BCUT2D eigenvalue weighted by Gasteiger charge is 2.17. The van der Waals surface area contributed by atoms with Gasteiger partial charge in [0.15, 0.2) is 5.78 Å². The highest BCUT2D eigenvalue weighted by atomic mass is 16.3. The molecule has 0 radical (unpaired) electrons. The molecule has 0 aliphatic carbocycles. The molecule has 4 aromatic rings. The van der Waals surface area contributed by atoms with Gasteiger partial charge in [0.05, 0.1) is 23.4 Å². The lowest BCUT2D eigenvalue weighted by molar-refractivity contribution is 0.103. The first-order valence-corrected chi connectivity index (χ1v) is 7.28. The zero-order valence-corrected chi connectivity index (χ0v) is 12.5. The summed E-state index contributed by atoms with van der Waals surface area (Å²) in [4.78, 5) is 32.0. The van der Waals surface area contributed by atoms with Gasteiger partial charge >= 0.3 is 0 Å². The third-order valence-electron chi connectivity index (χ3n) is 3.74. The average Bonchev–Trinajstić information content (AvgIpc) is 3.27. The molecule has 0 aliphatic rings. The van der Waals surface area contributed by atoms with Crippen LogP contribution in [0.25, 0.3) is 11.0 Å². The van der Waals surface area contributed by atoms with Gasteiger partial charge in [-0.1, -0.05) is 0 Å². The molecular weight excluding hydrogens is 308 g/mol. The van der Waals surface area contributed by atoms with Crippen molar-refractivity contribution in [2.45, 2.75) is 6.54 Å². The van der Waals surface area contributed by atoms with Crippen LogP contribution in [0.2, 0.25) is 0 Å². The van der Waals surface area contributed by atoms with Crippen LogP contribution in [0.1, 0.15) is 21.7 Å². The molecule has 0 fully saturated rings. The zero-order chi connectivity index (χ0) is 16.5. The molecular formula is C17H12N4O3. The number of hydrogen-bond acceptors (Lipinski definition) is 5. The highest BCUT2D eigenvalue weighted by molar-refractivity contribution is 6.09. The minimum absolute atomic E-state index is 0.0630. The van der Waals surface area contributed by atoms with Crippen LogP contribution >= 0.6 is 0 Å². The van der Waals surface area contributed by atoms with Gasteiger partial charge in [0.25, 0.3) is 0 Å². The number of H-pyrrole nitrogens is 1. The number of nitrogens with zero attached hydrogens (tertiary/aromatic N) is 3. The lowest BCUT2D eigenvalue weighted by Gasteiger charge is -2.03. The molecule has 7 nitrogen and oxygen atoms in total. The molecule has 4 heterocycles. The number of carbonyl (C=O) groups excluding carboxylic acids is 1. The van der Waals surface area contributed by atoms with Crippen molar-refractivity contribution >= 4 is 16.8 Å². The number of nitrogens with one attached hydrogen (secondary N) is 1. The van der Waals surface area contributed by atoms with E-state index in [1.165, 1.54) is 18.6 Å². The highest BCUT2D eigenvalue weighted by Crippen LogP contribution is 2.12. The maximum Gasteiger partial charge on any atom is 0.203 e. The van der Waals surface area contributed by atoms with Crippen molar-refractivity contribution < 1.29 is 9.21 Å². The summed E-state index contributed by atoms with van der Waals surface area (Å²) in [7, 11) is 0. The van der Waals surface area contributed by atoms with E-state index in [9.17, 15) is 9.59 Å². The van der Waals surface area contributed by atoms with Gasteiger partial charge < -0.3 is 9.40 Å². The molecule has 7 heteroatoms. The van der Waals surface area contributed by atoms with E-state index in [2.05, 4.69) is 15.1 Å². The van der Waals surface area contributed by atoms with Gasteiger partial charge in [-0.05, 0) is 24.3 Å². The van der Waals surface area contributed by atoms with Crippen molar-refractivity contribution in [2.75, 3.05) is 0 Å². The molecule has 0 spiro atoms. The monoisotopic (exact) mass is 320 g/mol. The first-order valence-electron chi connectivity index (χ1n) is 7.28. The van der Waals surface area contributed by atoms with Crippen molar-refractivity contribution in [1.82, 2.24) is 19.7 Å². The van der Waals surface area contributed by atoms with Crippen LogP contribution in [0.15, 0.2) is 64.5 Å². The van der Waals surface area contributed by atoms with Crippen molar-refractivity contribution in [3.05, 3.63) is 82.4 Å². The number of carbonyl (C=O) groups is 1. The average molecular weight is 320 g/mol. The van der Waals surface area contributed by atoms with Crippen molar-refractivity contribution in [1.29, 1.82) is 0 Å². The van der Waals surface area contributed by atoms with Gasteiger partial charge in [0.1, 0.15) is 18.0 Å². The largest absolute Gasteiger partial charge is 0.467 e. The Morgan fingerprint density at radius 3 is 2.92 bits per heavy atom. The van der Waals surface area contributed by atoms with Gasteiger partial charge in [-0.3, -0.25) is 14.6 Å². The van der Waals surface area contributed by atoms with E-state index in [0.29, 0.717) is 23.1 Å². The number of ketones is 1. The second-order valence-electron chi connectivity index (χ2n) is 5.25. The van der Waals surface area contributed by atoms with E-state index in [0.717, 1.165) is 5.76 Å². The fourth-order valence-corrected chi connectivity index (χ4v) is 2.55. The van der Waals surface area contributed by atoms with Crippen LogP contribution in [0.4, 0.5) is 0 Å². The van der Waals surface area contributed by atoms with Crippen LogP contribution in [0.5, 0.6) is 0 Å². The Hall–Kier alpha value is -3.48. The second kappa shape index (κ2) is 5.62. The van der Waals surface area contributed by atoms with E-state index >= 15 is 0 Å². The quantitative estimate of drug-likeness (QED) is 0.580. The van der Waals surface area contributed by atoms with Gasteiger partial charge in [-0.15, -0.1) is 0 Å². The number of furan rings is 1. The van der Waals surface area contributed by atoms with E-state index in [-0.39, 0.29) is 16.8 Å². The molecule has 0 saturated carbocycles. The van der Waals surface area contributed by atoms with Gasteiger partial charge in [0.2, 0.25) is 5.43 Å². The molecule has 0 unspecified atom stereocenters. The fraction of sp³-hybridized carbons (Fsp3) is 0.0588. The first kappa shape index (κ1) is 14.1. The number of hydrogen-bond donors (Lipinski definition) is 1. The van der Waals surface area contributed by atoms with Crippen LogP contribution in [-0.2, 0) is 6.54 Å². The summed E-state index contributed by atoms with van der Waals surface area (Å²) in [6.45, 7) is 0.391. The summed E-state index contributed by atoms with van der Waals surface area (Å²) in [6.07, 6.45) is 7.46. The zero-order valence-electron chi connectivity index (χ0n) is 12.5. The number of fused-ring (bicyclic) bond motifs is 1. The van der Waals surface area contributed by atoms with Crippen LogP contribution in [-0.4, -0.2) is 25.5 Å². The number of pyridine rings is 2. The van der Waals surface area contributed by atoms with Crippen LogP contribution in [0.3, 0.4) is 0 Å². The standard InChI is InChI=1S/C17H12N4O3/c22-15(11-3-1-5-18-7-11)13-8-19-17-14(16(13)23)9-20-21(17)10-12-4-2-6-24-12/h1-9H,10H2,(H,19,23). The Morgan fingerprint density at radius 1 is 1.25 bits per heavy atom. The Kier molecular flexibility index (Phi) is 3.31. The Morgan fingerprint density at radius 2 is 2.17 bits per heavy atom. The van der Waals surface area contributed by atoms with Gasteiger partial charge in [-0.2, -0.15) is 5.10 Å². The Labute approximate surface area is 135 Å². The molecule has 0 atom stereocenters. The summed E-state index contributed by atoms with van der Waals surface area (Å²) >= 11 is 0. The van der Waals surface area contributed by atoms with Crippen molar-refractivity contribution in [2.24, 2.45) is 0 Å². The van der Waals surface area contributed by atoms with E-state index in [4.69, 9.17) is 4.42 Å². The van der Waals surface area contributed by atoms with E-state index in [1.807, 2.05) is 6.07 Å². The lowest BCUT2D eigenvalue weighted by Crippen LogP contribution is -2.17. The molecule has 1 N–H and O–H groups in total. The molecule has 0 saturated heterocycles. The molecule has 118 valence electrons. The van der Waals surface area contributed by atoms with E-state index in [1.54, 1.807) is 35.3 Å². The molecule has 24 heavy (non-hydrogen) atoms. The van der Waals surface area contributed by atoms with Crippen molar-refractivity contribution in [3.63, 3.8) is 0 Å². The Balaban J connectivity index is 1.77. The predicted molar refractivity (Wildman–Crippen MR) is 85.8 cm³/mol. The smallest absolute Gasteiger partial charge is 0.203 e. The third-order valence-corrected chi connectivity index (χ3v) is 3.74. The molecule has 4 rings (SSSR count). The molecule has 4 aromatic heterocycles. The summed E-state index contributed by atoms with van der Waals surface area (Å²) < 4.78 is 6.91. The van der Waals surface area contributed by atoms with E-state index < -0.39 is 0 Å². The second-order valence-corrected chi connectivity index (χ2v) is 5.25. The predicted octanol–water partition coefficient (Wildman–Crippen LogP) is 1.99. The van der Waals surface area contributed by atoms with Crippen LogP contribution < -0.4 is 5.43 Å². The van der Waals surface area contributed by atoms with Gasteiger partial charge in [-0.25, -0.2) is 4.68 Å². The molecule has 0 bridgehead atoms. The summed E-state index contributed by atoms with van der Waals surface area (Å²) in [6, 6.07) is 6.89. The van der Waals surface area contributed by atoms with Crippen molar-refractivity contribution in [3.8, 4) is 0 Å². The summed E-state index contributed by atoms with van der Waals surface area (Å²) in [5, 5.41) is 4.56. The number of aromatic amines is 1. The Bertz CT molecular complexity index is 1060. The molecule has 0 aromatic carbocycles. The lowest BCUT2D eigenvalue weighted by atomic mass is 10.1. The number of aromatic nitrogens is 4. The fourth-order valence-electron chi connectivity index (χ4n) is 2.55. The topological polar surface area (TPSA) is 93.8 Å². The molecule has 0 aliphatic heterocycles. The minimum Gasteiger partial charge on any atom is -0.467 e. The summed E-state index contributed by atoms with van der Waals surface area (Å²) in [5.41, 5.74) is 0.612. The maximum atomic E-state index is 12.6. The summed E-state index contributed by atoms with van der Waals surface area (Å²) in [5.74, 6) is 0.349. The first-order chi connectivity index (χ1) is 11.7. The third kappa shape index (κ3) is 2.32. The number of rotatable bonds is 4. The SMILES string of the molecule is O=C(c1cccnc1)c1c[nH]c2c(cnn2Cc2ccco2)c1=O.